The number of nitrogens with zero attached hydrogens (tertiary/aromatic N) is 4. The molecule has 1 saturated heterocycles. The van der Waals surface area contributed by atoms with Crippen molar-refractivity contribution in [3.8, 4) is 11.3 Å². The summed E-state index contributed by atoms with van der Waals surface area (Å²) in [6.07, 6.45) is 0.759. The molecule has 0 spiro atoms. The maximum Gasteiger partial charge on any atom is 0.407 e. The molecule has 10 heteroatoms. The Hall–Kier alpha value is -1.67. The van der Waals surface area contributed by atoms with E-state index in [1.54, 1.807) is 36.2 Å². The molecule has 1 fully saturated rings. The van der Waals surface area contributed by atoms with Crippen molar-refractivity contribution in [3.63, 3.8) is 0 Å². The van der Waals surface area contributed by atoms with E-state index < -0.39 is 6.09 Å². The third-order valence-electron chi connectivity index (χ3n) is 4.62. The van der Waals surface area contributed by atoms with E-state index in [2.05, 4.69) is 9.97 Å². The highest BCUT2D eigenvalue weighted by atomic mass is 35.5. The lowest BCUT2D eigenvalue weighted by molar-refractivity contribution is 0.146. The van der Waals surface area contributed by atoms with Crippen LogP contribution in [0.1, 0.15) is 0 Å². The topological polar surface area (TPSA) is 71.2 Å². The molecule has 0 bridgehead atoms. The van der Waals surface area contributed by atoms with Crippen LogP contribution in [0.5, 0.6) is 0 Å². The predicted molar refractivity (Wildman–Crippen MR) is 114 cm³/mol. The highest BCUT2D eigenvalue weighted by molar-refractivity contribution is 8.00. The fraction of sp³-hybridized carbons (Fsp3) is 0.278. The first-order valence-corrected chi connectivity index (χ1v) is 10.7. The zero-order valence-corrected chi connectivity index (χ0v) is 17.6. The van der Waals surface area contributed by atoms with Crippen molar-refractivity contribution in [1.82, 2.24) is 19.4 Å². The van der Waals surface area contributed by atoms with Gasteiger partial charge >= 0.3 is 6.09 Å². The first kappa shape index (κ1) is 19.6. The molecule has 4 rings (SSSR count). The number of thioether (sulfide) groups is 1. The molecule has 28 heavy (non-hydrogen) atoms. The summed E-state index contributed by atoms with van der Waals surface area (Å²) in [4.78, 5) is 21.3. The Morgan fingerprint density at radius 1 is 1.29 bits per heavy atom. The Labute approximate surface area is 180 Å². The summed E-state index contributed by atoms with van der Waals surface area (Å²) >= 11 is 20.7. The van der Waals surface area contributed by atoms with Crippen LogP contribution in [0.2, 0.25) is 15.3 Å². The maximum atomic E-state index is 11.4. The lowest BCUT2D eigenvalue weighted by Gasteiger charge is -2.31. The van der Waals surface area contributed by atoms with Crippen molar-refractivity contribution in [2.45, 2.75) is 11.8 Å². The van der Waals surface area contributed by atoms with Crippen LogP contribution in [-0.4, -0.2) is 54.7 Å². The Bertz CT molecular complexity index is 1040. The smallest absolute Gasteiger partial charge is 0.407 e. The van der Waals surface area contributed by atoms with E-state index in [-0.39, 0.29) is 10.5 Å². The zero-order valence-electron chi connectivity index (χ0n) is 14.5. The highest BCUT2D eigenvalue weighted by Gasteiger charge is 2.26. The first-order chi connectivity index (χ1) is 13.4. The fourth-order valence-corrected chi connectivity index (χ4v) is 5.28. The Morgan fingerprint density at radius 3 is 2.75 bits per heavy atom. The summed E-state index contributed by atoms with van der Waals surface area (Å²) in [5, 5.41) is 11.4. The van der Waals surface area contributed by atoms with Crippen LogP contribution in [0.25, 0.3) is 22.3 Å². The van der Waals surface area contributed by atoms with Crippen LogP contribution in [0.4, 0.5) is 4.79 Å². The lowest BCUT2D eigenvalue weighted by atomic mass is 10.1. The van der Waals surface area contributed by atoms with E-state index in [9.17, 15) is 9.90 Å². The van der Waals surface area contributed by atoms with Gasteiger partial charge in [-0.15, -0.1) is 0 Å². The molecular formula is C18H15Cl3N4O2S. The van der Waals surface area contributed by atoms with Crippen LogP contribution >= 0.6 is 46.6 Å². The van der Waals surface area contributed by atoms with Crippen molar-refractivity contribution >= 4 is 63.7 Å². The van der Waals surface area contributed by atoms with Gasteiger partial charge in [0.2, 0.25) is 5.28 Å². The van der Waals surface area contributed by atoms with Crippen LogP contribution < -0.4 is 0 Å². The molecule has 0 radical (unpaired) electrons. The largest absolute Gasteiger partial charge is 0.465 e. The van der Waals surface area contributed by atoms with Gasteiger partial charge in [0, 0.05) is 47.8 Å². The average molecular weight is 458 g/mol. The quantitative estimate of drug-likeness (QED) is 0.550. The van der Waals surface area contributed by atoms with Gasteiger partial charge in [0.25, 0.3) is 0 Å². The van der Waals surface area contributed by atoms with Crippen LogP contribution in [-0.2, 0) is 6.54 Å². The Balaban J connectivity index is 1.82. The van der Waals surface area contributed by atoms with E-state index in [1.807, 2.05) is 10.6 Å². The summed E-state index contributed by atoms with van der Waals surface area (Å²) in [6, 6.07) is 7.29. The molecule has 1 N–H and O–H groups in total. The summed E-state index contributed by atoms with van der Waals surface area (Å²) in [5.41, 5.74) is 2.17. The molecule has 1 aromatic carbocycles. The number of hydrogen-bond donors (Lipinski definition) is 1. The molecule has 3 aromatic rings. The van der Waals surface area contributed by atoms with E-state index in [4.69, 9.17) is 34.8 Å². The van der Waals surface area contributed by atoms with Gasteiger partial charge < -0.3 is 14.6 Å². The second kappa shape index (κ2) is 7.99. The van der Waals surface area contributed by atoms with E-state index in [0.29, 0.717) is 40.9 Å². The molecule has 146 valence electrons. The molecule has 3 heterocycles. The van der Waals surface area contributed by atoms with Gasteiger partial charge in [0.15, 0.2) is 0 Å². The second-order valence-corrected chi connectivity index (χ2v) is 8.94. The molecule has 1 aliphatic heterocycles. The number of benzene rings is 1. The third kappa shape index (κ3) is 3.76. The standard InChI is InChI=1S/C18H15Cl3N4O2S/c19-12-2-1-3-13(20)15(12)14-6-10-7-22-17(21)23-16(10)25(14)9-11-8-24(18(26)27)4-5-28-11/h1-3,6-7,11H,4-5,8-9H2,(H,26,27). The minimum Gasteiger partial charge on any atom is -0.465 e. The van der Waals surface area contributed by atoms with Gasteiger partial charge in [-0.3, -0.25) is 0 Å². The molecule has 0 aliphatic carbocycles. The van der Waals surface area contributed by atoms with Gasteiger partial charge in [0.05, 0.1) is 15.7 Å². The van der Waals surface area contributed by atoms with Gasteiger partial charge in [-0.1, -0.05) is 29.3 Å². The predicted octanol–water partition coefficient (Wildman–Crippen LogP) is 5.15. The molecule has 1 unspecified atom stereocenters. The number of hydrogen-bond acceptors (Lipinski definition) is 4. The number of carboxylic acid groups (broad SMARTS) is 1. The van der Waals surface area contributed by atoms with Crippen LogP contribution in [0.3, 0.4) is 0 Å². The lowest BCUT2D eigenvalue weighted by Crippen LogP contribution is -2.42. The molecule has 6 nitrogen and oxygen atoms in total. The summed E-state index contributed by atoms with van der Waals surface area (Å²) in [6.45, 7) is 1.51. The van der Waals surface area contributed by atoms with Crippen molar-refractivity contribution in [2.24, 2.45) is 0 Å². The van der Waals surface area contributed by atoms with E-state index >= 15 is 0 Å². The number of carbonyl (C=O) groups is 1. The van der Waals surface area contributed by atoms with Gasteiger partial charge in [0.1, 0.15) is 5.65 Å². The Morgan fingerprint density at radius 2 is 2.04 bits per heavy atom. The third-order valence-corrected chi connectivity index (χ3v) is 6.62. The Kier molecular flexibility index (Phi) is 5.60. The van der Waals surface area contributed by atoms with Gasteiger partial charge in [-0.25, -0.2) is 9.78 Å². The molecule has 1 atom stereocenters. The fourth-order valence-electron chi connectivity index (χ4n) is 3.36. The summed E-state index contributed by atoms with van der Waals surface area (Å²) < 4.78 is 2.00. The normalized spacial score (nSPS) is 17.2. The number of rotatable bonds is 3. The monoisotopic (exact) mass is 456 g/mol. The molecule has 1 amide bonds. The van der Waals surface area contributed by atoms with Crippen molar-refractivity contribution in [3.05, 3.63) is 45.8 Å². The second-order valence-electron chi connectivity index (χ2n) is 6.38. The summed E-state index contributed by atoms with van der Waals surface area (Å²) in [5.74, 6) is 0.744. The van der Waals surface area contributed by atoms with Crippen molar-refractivity contribution in [1.29, 1.82) is 0 Å². The maximum absolute atomic E-state index is 11.4. The van der Waals surface area contributed by atoms with E-state index in [1.165, 1.54) is 4.90 Å². The SMILES string of the molecule is O=C(O)N1CCSC(Cn2c(-c3c(Cl)cccc3Cl)cc3cnc(Cl)nc32)C1. The molecule has 2 aromatic heterocycles. The van der Waals surface area contributed by atoms with Crippen LogP contribution in [0, 0.1) is 0 Å². The number of halogens is 3. The highest BCUT2D eigenvalue weighted by Crippen LogP contribution is 2.38. The number of amides is 1. The van der Waals surface area contributed by atoms with E-state index in [0.717, 1.165) is 16.8 Å². The van der Waals surface area contributed by atoms with Crippen molar-refractivity contribution in [2.75, 3.05) is 18.8 Å². The summed E-state index contributed by atoms with van der Waals surface area (Å²) in [7, 11) is 0. The van der Waals surface area contributed by atoms with Gasteiger partial charge in [-0.2, -0.15) is 16.7 Å². The number of aromatic nitrogens is 3. The minimum atomic E-state index is -0.901. The molecule has 0 saturated carbocycles. The zero-order chi connectivity index (χ0) is 19.8. The molecular weight excluding hydrogens is 443 g/mol. The number of fused-ring (bicyclic) bond motifs is 1. The average Bonchev–Trinajstić information content (AvgIpc) is 2.99. The van der Waals surface area contributed by atoms with Gasteiger partial charge in [-0.05, 0) is 29.8 Å². The van der Waals surface area contributed by atoms with Crippen LogP contribution in [0.15, 0.2) is 30.5 Å². The molecule has 1 aliphatic rings. The minimum absolute atomic E-state index is 0.0641. The first-order valence-electron chi connectivity index (χ1n) is 8.49. The van der Waals surface area contributed by atoms with Crippen molar-refractivity contribution < 1.29 is 9.90 Å².